The lowest BCUT2D eigenvalue weighted by Crippen LogP contribution is -2.23. The third-order valence-corrected chi connectivity index (χ3v) is 3.31. The van der Waals surface area contributed by atoms with E-state index >= 15 is 0 Å². The number of halogens is 1. The summed E-state index contributed by atoms with van der Waals surface area (Å²) in [5.41, 5.74) is 0.544. The molecule has 0 saturated heterocycles. The molecule has 0 radical (unpaired) electrons. The molecule has 7 nitrogen and oxygen atoms in total. The molecule has 0 unspecified atom stereocenters. The van der Waals surface area contributed by atoms with Crippen LogP contribution in [0.4, 0.5) is 5.69 Å². The number of nitro groups is 1. The minimum absolute atomic E-state index is 0.0442. The van der Waals surface area contributed by atoms with E-state index in [9.17, 15) is 14.9 Å². The van der Waals surface area contributed by atoms with Crippen LogP contribution in [0.25, 0.3) is 0 Å². The van der Waals surface area contributed by atoms with Gasteiger partial charge in [-0.1, -0.05) is 17.7 Å². The molecule has 0 aliphatic rings. The second kappa shape index (κ2) is 7.55. The molecule has 1 amide bonds. The molecule has 1 heterocycles. The maximum Gasteiger partial charge on any atom is 0.270 e. The van der Waals surface area contributed by atoms with Crippen LogP contribution in [0.3, 0.4) is 0 Å². The lowest BCUT2D eigenvalue weighted by Gasteiger charge is -2.10. The molecule has 0 fully saturated rings. The summed E-state index contributed by atoms with van der Waals surface area (Å²) in [6.45, 7) is 2.45. The average molecular weight is 336 g/mol. The minimum atomic E-state index is -0.582. The first-order valence-corrected chi connectivity index (χ1v) is 7.19. The number of ether oxygens (including phenoxy) is 1. The minimum Gasteiger partial charge on any atom is -0.478 e. The van der Waals surface area contributed by atoms with Crippen LogP contribution in [0.2, 0.25) is 5.02 Å². The molecule has 0 bridgehead atoms. The van der Waals surface area contributed by atoms with Gasteiger partial charge in [-0.25, -0.2) is 4.98 Å². The number of nitrogens with one attached hydrogen (secondary N) is 1. The molecule has 1 aromatic carbocycles. The van der Waals surface area contributed by atoms with Crippen molar-refractivity contribution in [2.24, 2.45) is 0 Å². The Morgan fingerprint density at radius 2 is 2.22 bits per heavy atom. The van der Waals surface area contributed by atoms with E-state index in [0.29, 0.717) is 18.1 Å². The smallest absolute Gasteiger partial charge is 0.270 e. The van der Waals surface area contributed by atoms with Crippen molar-refractivity contribution in [2.75, 3.05) is 6.61 Å². The molecule has 0 aliphatic heterocycles. The second-order valence-electron chi connectivity index (χ2n) is 4.50. The second-order valence-corrected chi connectivity index (χ2v) is 4.91. The van der Waals surface area contributed by atoms with E-state index in [1.807, 2.05) is 6.92 Å². The number of nitrogens with zero attached hydrogens (tertiary/aromatic N) is 2. The summed E-state index contributed by atoms with van der Waals surface area (Å²) in [6.07, 6.45) is 1.59. The average Bonchev–Trinajstić information content (AvgIpc) is 2.54. The molecule has 1 N–H and O–H groups in total. The molecule has 0 aliphatic carbocycles. The molecule has 0 spiro atoms. The highest BCUT2D eigenvalue weighted by molar-refractivity contribution is 6.33. The largest absolute Gasteiger partial charge is 0.478 e. The fourth-order valence-electron chi connectivity index (χ4n) is 1.90. The lowest BCUT2D eigenvalue weighted by molar-refractivity contribution is -0.384. The summed E-state index contributed by atoms with van der Waals surface area (Å²) >= 11 is 5.94. The normalized spacial score (nSPS) is 10.2. The number of carbonyl (C=O) groups excluding carboxylic acids is 1. The van der Waals surface area contributed by atoms with Gasteiger partial charge >= 0.3 is 0 Å². The summed E-state index contributed by atoms with van der Waals surface area (Å²) in [5, 5.41) is 13.6. The Labute approximate surface area is 137 Å². The van der Waals surface area contributed by atoms with Gasteiger partial charge in [-0.05, 0) is 19.1 Å². The number of hydrogen-bond acceptors (Lipinski definition) is 5. The molecule has 120 valence electrons. The van der Waals surface area contributed by atoms with Crippen molar-refractivity contribution in [3.05, 3.63) is 62.8 Å². The monoisotopic (exact) mass is 335 g/mol. The van der Waals surface area contributed by atoms with Crippen LogP contribution >= 0.6 is 11.6 Å². The Hall–Kier alpha value is -2.67. The number of amides is 1. The fourth-order valence-corrected chi connectivity index (χ4v) is 2.10. The summed E-state index contributed by atoms with van der Waals surface area (Å²) < 4.78 is 5.37. The third kappa shape index (κ3) is 4.17. The number of non-ortho nitro benzene ring substituents is 1. The van der Waals surface area contributed by atoms with E-state index in [1.165, 1.54) is 12.1 Å². The van der Waals surface area contributed by atoms with Crippen LogP contribution in [-0.4, -0.2) is 22.4 Å². The maximum absolute atomic E-state index is 12.2. The first-order valence-electron chi connectivity index (χ1n) is 6.81. The van der Waals surface area contributed by atoms with E-state index in [1.54, 1.807) is 18.3 Å². The predicted molar refractivity (Wildman–Crippen MR) is 84.7 cm³/mol. The van der Waals surface area contributed by atoms with Gasteiger partial charge in [0, 0.05) is 30.4 Å². The van der Waals surface area contributed by atoms with Crippen LogP contribution in [0.5, 0.6) is 5.88 Å². The Kier molecular flexibility index (Phi) is 5.48. The number of aromatic nitrogens is 1. The predicted octanol–water partition coefficient (Wildman–Crippen LogP) is 2.97. The highest BCUT2D eigenvalue weighted by atomic mass is 35.5. The lowest BCUT2D eigenvalue weighted by atomic mass is 10.2. The molecular formula is C15H14ClN3O4. The quantitative estimate of drug-likeness (QED) is 0.647. The number of nitro benzene ring substituents is 1. The van der Waals surface area contributed by atoms with Gasteiger partial charge in [0.15, 0.2) is 0 Å². The van der Waals surface area contributed by atoms with E-state index in [-0.39, 0.29) is 22.8 Å². The summed E-state index contributed by atoms with van der Waals surface area (Å²) in [4.78, 5) is 26.5. The van der Waals surface area contributed by atoms with Crippen molar-refractivity contribution in [3.8, 4) is 5.88 Å². The van der Waals surface area contributed by atoms with Crippen LogP contribution in [0.1, 0.15) is 22.8 Å². The fraction of sp³-hybridized carbons (Fsp3) is 0.200. The molecule has 2 rings (SSSR count). The van der Waals surface area contributed by atoms with E-state index in [0.717, 1.165) is 6.07 Å². The molecule has 1 aromatic heterocycles. The Morgan fingerprint density at radius 3 is 2.91 bits per heavy atom. The highest BCUT2D eigenvalue weighted by Gasteiger charge is 2.16. The molecule has 0 saturated carbocycles. The number of carbonyl (C=O) groups is 1. The topological polar surface area (TPSA) is 94.4 Å². The number of rotatable bonds is 6. The third-order valence-electron chi connectivity index (χ3n) is 2.98. The van der Waals surface area contributed by atoms with Gasteiger partial charge < -0.3 is 10.1 Å². The van der Waals surface area contributed by atoms with Gasteiger partial charge in [0.05, 0.1) is 22.1 Å². The molecular weight excluding hydrogens is 322 g/mol. The van der Waals surface area contributed by atoms with Crippen LogP contribution < -0.4 is 10.1 Å². The molecule has 0 atom stereocenters. The number of pyridine rings is 1. The number of benzene rings is 1. The molecule has 2 aromatic rings. The Balaban J connectivity index is 2.14. The van der Waals surface area contributed by atoms with Gasteiger partial charge in [0.25, 0.3) is 11.6 Å². The van der Waals surface area contributed by atoms with Crippen molar-refractivity contribution in [3.63, 3.8) is 0 Å². The zero-order chi connectivity index (χ0) is 16.8. The van der Waals surface area contributed by atoms with Gasteiger partial charge in [0.1, 0.15) is 0 Å². The van der Waals surface area contributed by atoms with Crippen LogP contribution in [0, 0.1) is 10.1 Å². The Morgan fingerprint density at radius 1 is 1.43 bits per heavy atom. The Bertz CT molecular complexity index is 736. The van der Waals surface area contributed by atoms with Crippen LogP contribution in [0.15, 0.2) is 36.5 Å². The first kappa shape index (κ1) is 16.7. The van der Waals surface area contributed by atoms with Crippen LogP contribution in [-0.2, 0) is 6.54 Å². The summed E-state index contributed by atoms with van der Waals surface area (Å²) in [6, 6.07) is 7.21. The standard InChI is InChI=1S/C15H14ClN3O4/c1-2-23-15-10(4-3-7-17-15)9-18-14(20)12-8-11(19(21)22)5-6-13(12)16/h3-8H,2,9H2,1H3,(H,18,20). The maximum atomic E-state index is 12.2. The van der Waals surface area contributed by atoms with E-state index < -0.39 is 10.8 Å². The van der Waals surface area contributed by atoms with Crippen molar-refractivity contribution >= 4 is 23.2 Å². The van der Waals surface area contributed by atoms with Gasteiger partial charge in [-0.2, -0.15) is 0 Å². The summed E-state index contributed by atoms with van der Waals surface area (Å²) in [5.74, 6) is -0.0783. The molecule has 23 heavy (non-hydrogen) atoms. The first-order chi connectivity index (χ1) is 11.0. The van der Waals surface area contributed by atoms with Crippen molar-refractivity contribution in [1.82, 2.24) is 10.3 Å². The van der Waals surface area contributed by atoms with Gasteiger partial charge in [0.2, 0.25) is 5.88 Å². The van der Waals surface area contributed by atoms with E-state index in [2.05, 4.69) is 10.3 Å². The zero-order valence-electron chi connectivity index (χ0n) is 12.3. The van der Waals surface area contributed by atoms with Crippen molar-refractivity contribution in [2.45, 2.75) is 13.5 Å². The van der Waals surface area contributed by atoms with Crippen molar-refractivity contribution in [1.29, 1.82) is 0 Å². The van der Waals surface area contributed by atoms with Gasteiger partial charge in [-0.3, -0.25) is 14.9 Å². The van der Waals surface area contributed by atoms with E-state index in [4.69, 9.17) is 16.3 Å². The zero-order valence-corrected chi connectivity index (χ0v) is 13.0. The molecule has 8 heteroatoms. The van der Waals surface area contributed by atoms with Crippen molar-refractivity contribution < 1.29 is 14.5 Å². The SMILES string of the molecule is CCOc1ncccc1CNC(=O)c1cc([N+](=O)[O-])ccc1Cl. The van der Waals surface area contributed by atoms with Gasteiger partial charge in [-0.15, -0.1) is 0 Å². The number of hydrogen-bond donors (Lipinski definition) is 1. The highest BCUT2D eigenvalue weighted by Crippen LogP contribution is 2.22. The summed E-state index contributed by atoms with van der Waals surface area (Å²) in [7, 11) is 0.